The molecule has 19 heavy (non-hydrogen) atoms. The third-order valence-electron chi connectivity index (χ3n) is 3.33. The first kappa shape index (κ1) is 15.7. The number of aliphatic hydroxyl groups excluding tert-OH is 1. The first-order valence-electron chi connectivity index (χ1n) is 6.76. The highest BCUT2D eigenvalue weighted by Crippen LogP contribution is 2.11. The van der Waals surface area contributed by atoms with Gasteiger partial charge in [-0.2, -0.15) is 5.10 Å². The first-order valence-corrected chi connectivity index (χ1v) is 6.76. The monoisotopic (exact) mass is 267 g/mol. The topological polar surface area (TPSA) is 69.2 Å². The number of aryl methyl sites for hydroxylation is 2. The maximum absolute atomic E-state index is 12.0. The van der Waals surface area contributed by atoms with Crippen LogP contribution in [0.25, 0.3) is 0 Å². The fourth-order valence-electron chi connectivity index (χ4n) is 2.13. The van der Waals surface area contributed by atoms with Crippen LogP contribution in [-0.2, 0) is 11.2 Å². The van der Waals surface area contributed by atoms with Crippen LogP contribution in [0.15, 0.2) is 0 Å². The highest BCUT2D eigenvalue weighted by Gasteiger charge is 2.20. The lowest BCUT2D eigenvalue weighted by Crippen LogP contribution is -2.38. The molecule has 5 nitrogen and oxygen atoms in total. The maximum Gasteiger partial charge on any atom is 0.251 e. The molecule has 2 N–H and O–H groups in total. The molecule has 1 aromatic rings. The van der Waals surface area contributed by atoms with E-state index >= 15 is 0 Å². The van der Waals surface area contributed by atoms with Crippen LogP contribution in [0.2, 0.25) is 0 Å². The number of H-pyrrole nitrogens is 1. The van der Waals surface area contributed by atoms with Crippen molar-refractivity contribution in [2.75, 3.05) is 13.6 Å². The molecule has 1 heterocycles. The summed E-state index contributed by atoms with van der Waals surface area (Å²) in [5.41, 5.74) is 3.17. The maximum atomic E-state index is 12.0. The van der Waals surface area contributed by atoms with Gasteiger partial charge >= 0.3 is 0 Å². The lowest BCUT2D eigenvalue weighted by molar-refractivity contribution is -0.139. The second kappa shape index (κ2) is 6.70. The molecule has 0 aliphatic carbocycles. The number of nitrogens with zero attached hydrogens (tertiary/aromatic N) is 2. The van der Waals surface area contributed by atoms with Gasteiger partial charge in [-0.15, -0.1) is 0 Å². The number of aromatic nitrogens is 2. The quantitative estimate of drug-likeness (QED) is 0.819. The minimum Gasteiger partial charge on any atom is -0.383 e. The Morgan fingerprint density at radius 1 is 1.42 bits per heavy atom. The van der Waals surface area contributed by atoms with Crippen LogP contribution in [0.5, 0.6) is 0 Å². The van der Waals surface area contributed by atoms with Crippen molar-refractivity contribution in [3.05, 3.63) is 17.0 Å². The predicted molar refractivity (Wildman–Crippen MR) is 74.9 cm³/mol. The largest absolute Gasteiger partial charge is 0.383 e. The minimum atomic E-state index is -0.892. The summed E-state index contributed by atoms with van der Waals surface area (Å²) >= 11 is 0. The summed E-state index contributed by atoms with van der Waals surface area (Å²) < 4.78 is 0. The Balaban J connectivity index is 2.51. The van der Waals surface area contributed by atoms with Gasteiger partial charge in [-0.05, 0) is 38.2 Å². The highest BCUT2D eigenvalue weighted by atomic mass is 16.3. The van der Waals surface area contributed by atoms with E-state index in [2.05, 4.69) is 10.2 Å². The molecule has 0 aromatic carbocycles. The Morgan fingerprint density at radius 3 is 2.53 bits per heavy atom. The molecular weight excluding hydrogens is 242 g/mol. The second-order valence-corrected chi connectivity index (χ2v) is 5.57. The molecule has 0 bridgehead atoms. The number of likely N-dealkylation sites (N-methyl/N-ethyl adjacent to an activating group) is 1. The minimum absolute atomic E-state index is 0.201. The number of nitrogens with one attached hydrogen (secondary N) is 1. The summed E-state index contributed by atoms with van der Waals surface area (Å²) in [6.45, 7) is 8.51. The summed E-state index contributed by atoms with van der Waals surface area (Å²) in [5.74, 6) is 0.109. The number of rotatable bonds is 6. The van der Waals surface area contributed by atoms with E-state index in [1.165, 1.54) is 0 Å². The van der Waals surface area contributed by atoms with Crippen molar-refractivity contribution in [3.8, 4) is 0 Å². The van der Waals surface area contributed by atoms with E-state index in [0.717, 1.165) is 23.4 Å². The van der Waals surface area contributed by atoms with E-state index in [-0.39, 0.29) is 5.91 Å². The zero-order chi connectivity index (χ0) is 14.6. The molecule has 0 spiro atoms. The van der Waals surface area contributed by atoms with Crippen LogP contribution in [0.4, 0.5) is 0 Å². The Labute approximate surface area is 115 Å². The van der Waals surface area contributed by atoms with Gasteiger partial charge in [0.05, 0.1) is 5.69 Å². The predicted octanol–water partition coefficient (Wildman–Crippen LogP) is 1.43. The number of amides is 1. The molecule has 1 rings (SSSR count). The van der Waals surface area contributed by atoms with Crippen molar-refractivity contribution in [2.24, 2.45) is 5.92 Å². The van der Waals surface area contributed by atoms with Crippen molar-refractivity contribution < 1.29 is 9.90 Å². The Bertz CT molecular complexity index is 407. The summed E-state index contributed by atoms with van der Waals surface area (Å²) in [4.78, 5) is 13.6. The second-order valence-electron chi connectivity index (χ2n) is 5.57. The van der Waals surface area contributed by atoms with Gasteiger partial charge in [-0.3, -0.25) is 9.89 Å². The normalized spacial score (nSPS) is 12.8. The molecule has 0 saturated heterocycles. The van der Waals surface area contributed by atoms with Gasteiger partial charge in [0.15, 0.2) is 0 Å². The van der Waals surface area contributed by atoms with Crippen molar-refractivity contribution >= 4 is 5.91 Å². The van der Waals surface area contributed by atoms with Crippen LogP contribution >= 0.6 is 0 Å². The van der Waals surface area contributed by atoms with E-state index in [0.29, 0.717) is 18.9 Å². The molecule has 0 aliphatic heterocycles. The van der Waals surface area contributed by atoms with Gasteiger partial charge in [0.1, 0.15) is 6.10 Å². The van der Waals surface area contributed by atoms with Crippen LogP contribution < -0.4 is 0 Å². The van der Waals surface area contributed by atoms with Gasteiger partial charge < -0.3 is 10.0 Å². The van der Waals surface area contributed by atoms with Crippen molar-refractivity contribution in [1.29, 1.82) is 0 Å². The third-order valence-corrected chi connectivity index (χ3v) is 3.33. The molecule has 1 unspecified atom stereocenters. The van der Waals surface area contributed by atoms with Crippen LogP contribution in [0.3, 0.4) is 0 Å². The zero-order valence-electron chi connectivity index (χ0n) is 12.5. The van der Waals surface area contributed by atoms with Gasteiger partial charge in [0, 0.05) is 19.3 Å². The fourth-order valence-corrected chi connectivity index (χ4v) is 2.13. The van der Waals surface area contributed by atoms with Gasteiger partial charge in [-0.1, -0.05) is 13.8 Å². The number of carbonyl (C=O) groups excluding carboxylic acids is 1. The van der Waals surface area contributed by atoms with Crippen LogP contribution in [-0.4, -0.2) is 45.8 Å². The molecule has 108 valence electrons. The molecule has 0 fully saturated rings. The van der Waals surface area contributed by atoms with E-state index in [1.807, 2.05) is 27.7 Å². The highest BCUT2D eigenvalue weighted by molar-refractivity contribution is 5.80. The van der Waals surface area contributed by atoms with Gasteiger partial charge in [0.2, 0.25) is 0 Å². The zero-order valence-corrected chi connectivity index (χ0v) is 12.5. The number of hydrogen-bond acceptors (Lipinski definition) is 3. The molecule has 1 atom stereocenters. The van der Waals surface area contributed by atoms with E-state index in [9.17, 15) is 9.90 Å². The standard InChI is InChI=1S/C14H25N3O2/c1-9(2)8-13(18)14(19)17(5)7-6-12-10(3)15-16-11(12)4/h9,13,18H,6-8H2,1-5H3,(H,15,16). The van der Waals surface area contributed by atoms with E-state index in [1.54, 1.807) is 11.9 Å². The molecule has 0 aliphatic rings. The SMILES string of the molecule is Cc1n[nH]c(C)c1CCN(C)C(=O)C(O)CC(C)C. The molecular formula is C14H25N3O2. The molecule has 5 heteroatoms. The third kappa shape index (κ3) is 4.35. The molecule has 0 radical (unpaired) electrons. The molecule has 0 saturated carbocycles. The lowest BCUT2D eigenvalue weighted by atomic mass is 10.0. The molecule has 1 aromatic heterocycles. The summed E-state index contributed by atoms with van der Waals surface area (Å²) in [5, 5.41) is 16.9. The Kier molecular flexibility index (Phi) is 5.54. The van der Waals surface area contributed by atoms with Gasteiger partial charge in [0.25, 0.3) is 5.91 Å². The Morgan fingerprint density at radius 2 is 2.05 bits per heavy atom. The first-order chi connectivity index (χ1) is 8.82. The van der Waals surface area contributed by atoms with Crippen molar-refractivity contribution in [1.82, 2.24) is 15.1 Å². The van der Waals surface area contributed by atoms with Gasteiger partial charge in [-0.25, -0.2) is 0 Å². The number of aromatic amines is 1. The van der Waals surface area contributed by atoms with Crippen LogP contribution in [0.1, 0.15) is 37.2 Å². The summed E-state index contributed by atoms with van der Waals surface area (Å²) in [6.07, 6.45) is 0.370. The van der Waals surface area contributed by atoms with E-state index < -0.39 is 6.10 Å². The number of aliphatic hydroxyl groups is 1. The molecule has 1 amide bonds. The summed E-state index contributed by atoms with van der Waals surface area (Å²) in [7, 11) is 1.73. The summed E-state index contributed by atoms with van der Waals surface area (Å²) in [6, 6.07) is 0. The Hall–Kier alpha value is -1.36. The smallest absolute Gasteiger partial charge is 0.251 e. The average Bonchev–Trinajstić information content (AvgIpc) is 2.64. The van der Waals surface area contributed by atoms with Crippen LogP contribution in [0, 0.1) is 19.8 Å². The number of carbonyl (C=O) groups is 1. The average molecular weight is 267 g/mol. The number of hydrogen-bond donors (Lipinski definition) is 2. The van der Waals surface area contributed by atoms with Crippen molar-refractivity contribution in [3.63, 3.8) is 0 Å². The van der Waals surface area contributed by atoms with Crippen molar-refractivity contribution in [2.45, 2.75) is 46.6 Å². The lowest BCUT2D eigenvalue weighted by Gasteiger charge is -2.21. The fraction of sp³-hybridized carbons (Fsp3) is 0.714. The van der Waals surface area contributed by atoms with E-state index in [4.69, 9.17) is 0 Å².